The number of benzene rings is 1. The molecule has 86 valence electrons. The van der Waals surface area contributed by atoms with Crippen LogP contribution in [0.2, 0.25) is 0 Å². The first-order valence-electron chi connectivity index (χ1n) is 4.59. The summed E-state index contributed by atoms with van der Waals surface area (Å²) < 4.78 is 0. The van der Waals surface area contributed by atoms with E-state index < -0.39 is 10.9 Å². The van der Waals surface area contributed by atoms with E-state index in [9.17, 15) is 20.0 Å². The minimum atomic E-state index is -1.38. The Kier molecular flexibility index (Phi) is 2.57. The number of aromatic amines is 1. The van der Waals surface area contributed by atoms with Crippen molar-refractivity contribution in [3.8, 4) is 11.3 Å². The average Bonchev–Trinajstić information content (AvgIpc) is 2.78. The molecule has 1 N–H and O–H groups in total. The van der Waals surface area contributed by atoms with Gasteiger partial charge in [0.05, 0.1) is 22.3 Å². The third kappa shape index (κ3) is 2.12. The number of hydrogen-bond donors (Lipinski definition) is 1. The summed E-state index contributed by atoms with van der Waals surface area (Å²) in [6.45, 7) is 0. The Morgan fingerprint density at radius 1 is 1.35 bits per heavy atom. The number of nitrogens with one attached hydrogen (secondary N) is 1. The molecule has 0 aliphatic rings. The largest absolute Gasteiger partial charge is 0.543 e. The second-order valence-corrected chi connectivity index (χ2v) is 3.26. The summed E-state index contributed by atoms with van der Waals surface area (Å²) >= 11 is 0. The number of non-ortho nitro benzene ring substituents is 1. The molecule has 0 atom stereocenters. The van der Waals surface area contributed by atoms with Gasteiger partial charge in [0.15, 0.2) is 0 Å². The summed E-state index contributed by atoms with van der Waals surface area (Å²) in [4.78, 5) is 20.6. The molecule has 2 aromatic rings. The van der Waals surface area contributed by atoms with Crippen molar-refractivity contribution in [2.45, 2.75) is 0 Å². The summed E-state index contributed by atoms with van der Waals surface area (Å²) in [5.41, 5.74) is 0.517. The number of H-pyrrole nitrogens is 1. The fourth-order valence-electron chi connectivity index (χ4n) is 1.35. The highest BCUT2D eigenvalue weighted by Gasteiger charge is 2.09. The number of carboxylic acid groups (broad SMARTS) is 1. The molecule has 0 amide bonds. The predicted molar refractivity (Wildman–Crippen MR) is 55.0 cm³/mol. The first kappa shape index (κ1) is 10.8. The highest BCUT2D eigenvalue weighted by atomic mass is 16.6. The molecule has 1 aromatic heterocycles. The normalized spacial score (nSPS) is 10.1. The van der Waals surface area contributed by atoms with Crippen molar-refractivity contribution >= 4 is 11.7 Å². The van der Waals surface area contributed by atoms with Crippen LogP contribution in [0.5, 0.6) is 0 Å². The number of carbonyl (C=O) groups is 1. The summed E-state index contributed by atoms with van der Waals surface area (Å²) in [5, 5.41) is 27.1. The van der Waals surface area contributed by atoms with Gasteiger partial charge >= 0.3 is 0 Å². The molecule has 0 radical (unpaired) electrons. The standard InChI is InChI=1S/C10H7N3O4/c14-10(15)9-5-8(11-12-9)6-2-1-3-7(4-6)13(16)17/h1-5H,(H,11,12)(H,14,15)/p-1. The summed E-state index contributed by atoms with van der Waals surface area (Å²) in [6.07, 6.45) is 0. The predicted octanol–water partition coefficient (Wildman–Crippen LogP) is 0.348. The molecule has 7 nitrogen and oxygen atoms in total. The van der Waals surface area contributed by atoms with E-state index >= 15 is 0 Å². The number of aromatic nitrogens is 2. The Morgan fingerprint density at radius 2 is 2.12 bits per heavy atom. The van der Waals surface area contributed by atoms with E-state index in [1.165, 1.54) is 24.3 Å². The van der Waals surface area contributed by atoms with Crippen molar-refractivity contribution in [1.29, 1.82) is 0 Å². The van der Waals surface area contributed by atoms with Crippen molar-refractivity contribution in [2.24, 2.45) is 0 Å². The van der Waals surface area contributed by atoms with Crippen molar-refractivity contribution in [3.05, 3.63) is 46.1 Å². The van der Waals surface area contributed by atoms with E-state index in [-0.39, 0.29) is 11.4 Å². The van der Waals surface area contributed by atoms with Gasteiger partial charge in [0, 0.05) is 17.7 Å². The lowest BCUT2D eigenvalue weighted by molar-refractivity contribution is -0.384. The smallest absolute Gasteiger partial charge is 0.270 e. The number of nitro groups is 1. The van der Waals surface area contributed by atoms with E-state index in [1.54, 1.807) is 6.07 Å². The summed E-state index contributed by atoms with van der Waals surface area (Å²) in [5.74, 6) is -1.38. The first-order chi connectivity index (χ1) is 8.08. The Hall–Kier alpha value is -2.70. The molecule has 0 spiro atoms. The van der Waals surface area contributed by atoms with Crippen LogP contribution >= 0.6 is 0 Å². The third-order valence-electron chi connectivity index (χ3n) is 2.15. The molecule has 0 bridgehead atoms. The van der Waals surface area contributed by atoms with E-state index in [4.69, 9.17) is 0 Å². The highest BCUT2D eigenvalue weighted by molar-refractivity contribution is 5.85. The van der Waals surface area contributed by atoms with Gasteiger partial charge in [-0.15, -0.1) is 0 Å². The molecule has 7 heteroatoms. The number of rotatable bonds is 3. The lowest BCUT2D eigenvalue weighted by atomic mass is 10.1. The van der Waals surface area contributed by atoms with Crippen LogP contribution in [0.4, 0.5) is 5.69 Å². The zero-order valence-electron chi connectivity index (χ0n) is 8.41. The Morgan fingerprint density at radius 3 is 2.71 bits per heavy atom. The summed E-state index contributed by atoms with van der Waals surface area (Å²) in [6, 6.07) is 7.02. The van der Waals surface area contributed by atoms with E-state index in [1.807, 2.05) is 0 Å². The Labute approximate surface area is 94.9 Å². The number of hydrogen-bond acceptors (Lipinski definition) is 5. The molecule has 0 aliphatic carbocycles. The molecule has 0 saturated carbocycles. The Balaban J connectivity index is 2.42. The molecule has 1 aromatic carbocycles. The molecular weight excluding hydrogens is 226 g/mol. The van der Waals surface area contributed by atoms with Crippen LogP contribution in [0.15, 0.2) is 30.3 Å². The van der Waals surface area contributed by atoms with Gasteiger partial charge in [0.25, 0.3) is 5.69 Å². The second-order valence-electron chi connectivity index (χ2n) is 3.26. The van der Waals surface area contributed by atoms with E-state index in [0.29, 0.717) is 11.3 Å². The molecule has 0 aliphatic heterocycles. The SMILES string of the molecule is O=C([O-])c1cc(-c2cccc([N+](=O)[O-])c2)n[nH]1. The maximum absolute atomic E-state index is 10.6. The maximum atomic E-state index is 10.6. The maximum Gasteiger partial charge on any atom is 0.270 e. The third-order valence-corrected chi connectivity index (χ3v) is 2.15. The summed E-state index contributed by atoms with van der Waals surface area (Å²) in [7, 11) is 0. The number of nitro benzene ring substituents is 1. The molecule has 0 unspecified atom stereocenters. The van der Waals surface area contributed by atoms with Crippen molar-refractivity contribution in [1.82, 2.24) is 10.2 Å². The number of nitrogens with zero attached hydrogens (tertiary/aromatic N) is 2. The van der Waals surface area contributed by atoms with Gasteiger partial charge in [0.1, 0.15) is 0 Å². The van der Waals surface area contributed by atoms with Crippen molar-refractivity contribution in [3.63, 3.8) is 0 Å². The zero-order chi connectivity index (χ0) is 12.4. The van der Waals surface area contributed by atoms with Gasteiger partial charge in [0.2, 0.25) is 0 Å². The fraction of sp³-hybridized carbons (Fsp3) is 0. The number of aromatic carboxylic acids is 1. The van der Waals surface area contributed by atoms with Crippen molar-refractivity contribution in [2.75, 3.05) is 0 Å². The second kappa shape index (κ2) is 4.05. The zero-order valence-corrected chi connectivity index (χ0v) is 8.41. The minimum Gasteiger partial charge on any atom is -0.543 e. The Bertz CT molecular complexity index is 591. The van der Waals surface area contributed by atoms with Gasteiger partial charge in [-0.1, -0.05) is 12.1 Å². The molecule has 17 heavy (non-hydrogen) atoms. The lowest BCUT2D eigenvalue weighted by Crippen LogP contribution is -2.22. The van der Waals surface area contributed by atoms with Crippen LogP contribution in [0.3, 0.4) is 0 Å². The van der Waals surface area contributed by atoms with Gasteiger partial charge in [-0.3, -0.25) is 15.2 Å². The van der Waals surface area contributed by atoms with Gasteiger partial charge in [-0.05, 0) is 6.07 Å². The molecule has 0 saturated heterocycles. The van der Waals surface area contributed by atoms with Crippen LogP contribution < -0.4 is 5.11 Å². The van der Waals surface area contributed by atoms with E-state index in [2.05, 4.69) is 10.2 Å². The van der Waals surface area contributed by atoms with Crippen LogP contribution in [-0.4, -0.2) is 21.1 Å². The molecule has 1 heterocycles. The van der Waals surface area contributed by atoms with Crippen molar-refractivity contribution < 1.29 is 14.8 Å². The van der Waals surface area contributed by atoms with Crippen LogP contribution in [-0.2, 0) is 0 Å². The quantitative estimate of drug-likeness (QED) is 0.606. The van der Waals surface area contributed by atoms with Gasteiger partial charge < -0.3 is 9.90 Å². The first-order valence-corrected chi connectivity index (χ1v) is 4.59. The molecular formula is C10H6N3O4-. The van der Waals surface area contributed by atoms with Gasteiger partial charge in [-0.25, -0.2) is 0 Å². The highest BCUT2D eigenvalue weighted by Crippen LogP contribution is 2.22. The molecule has 2 rings (SSSR count). The monoisotopic (exact) mass is 232 g/mol. The van der Waals surface area contributed by atoms with Crippen LogP contribution in [0, 0.1) is 10.1 Å². The lowest BCUT2D eigenvalue weighted by Gasteiger charge is -1.96. The minimum absolute atomic E-state index is 0.0829. The van der Waals surface area contributed by atoms with E-state index in [0.717, 1.165) is 0 Å². The number of carbonyl (C=O) groups excluding carboxylic acids is 1. The fourth-order valence-corrected chi connectivity index (χ4v) is 1.35. The van der Waals surface area contributed by atoms with Crippen LogP contribution in [0.25, 0.3) is 11.3 Å². The van der Waals surface area contributed by atoms with Crippen LogP contribution in [0.1, 0.15) is 10.5 Å². The topological polar surface area (TPSA) is 112 Å². The molecule has 0 fully saturated rings. The van der Waals surface area contributed by atoms with Gasteiger partial charge in [-0.2, -0.15) is 5.10 Å². The average molecular weight is 232 g/mol. The number of carboxylic acids is 1.